The Morgan fingerprint density at radius 1 is 1.45 bits per heavy atom. The number of carbonyl (C=O) groups excluding carboxylic acids is 1. The van der Waals surface area contributed by atoms with Crippen LogP contribution in [0.5, 0.6) is 0 Å². The molecule has 108 valence electrons. The van der Waals surface area contributed by atoms with E-state index in [0.29, 0.717) is 11.7 Å². The van der Waals surface area contributed by atoms with Gasteiger partial charge in [0.05, 0.1) is 11.4 Å². The zero-order valence-corrected chi connectivity index (χ0v) is 12.6. The minimum Gasteiger partial charge on any atom is -0.397 e. The summed E-state index contributed by atoms with van der Waals surface area (Å²) in [6, 6.07) is 4.09. The van der Waals surface area contributed by atoms with Gasteiger partial charge in [-0.05, 0) is 30.5 Å². The van der Waals surface area contributed by atoms with E-state index in [2.05, 4.69) is 23.2 Å². The lowest BCUT2D eigenvalue weighted by Gasteiger charge is -2.35. The van der Waals surface area contributed by atoms with Crippen LogP contribution in [-0.4, -0.2) is 30.0 Å². The van der Waals surface area contributed by atoms with Crippen molar-refractivity contribution < 1.29 is 4.79 Å². The number of thioether (sulfide) groups is 1. The smallest absolute Gasteiger partial charge is 0.224 e. The molecule has 1 amide bonds. The van der Waals surface area contributed by atoms with Crippen LogP contribution in [0.1, 0.15) is 25.3 Å². The van der Waals surface area contributed by atoms with Gasteiger partial charge < -0.3 is 16.0 Å². The summed E-state index contributed by atoms with van der Waals surface area (Å²) in [5.74, 6) is 1.25. The second kappa shape index (κ2) is 5.56. The monoisotopic (exact) mass is 291 g/mol. The predicted octanol–water partition coefficient (Wildman–Crippen LogP) is 2.49. The molecule has 2 aliphatic heterocycles. The fourth-order valence-corrected chi connectivity index (χ4v) is 4.08. The van der Waals surface area contributed by atoms with Gasteiger partial charge in [-0.25, -0.2) is 0 Å². The van der Waals surface area contributed by atoms with Gasteiger partial charge in [-0.15, -0.1) is 0 Å². The summed E-state index contributed by atoms with van der Waals surface area (Å²) in [4.78, 5) is 13.9. The number of nitrogens with two attached hydrogens (primary N) is 1. The van der Waals surface area contributed by atoms with Gasteiger partial charge in [0.15, 0.2) is 0 Å². The van der Waals surface area contributed by atoms with Crippen molar-refractivity contribution >= 4 is 34.7 Å². The van der Waals surface area contributed by atoms with E-state index in [1.807, 2.05) is 17.8 Å². The van der Waals surface area contributed by atoms with Crippen LogP contribution >= 0.6 is 11.8 Å². The lowest BCUT2D eigenvalue weighted by Crippen LogP contribution is -2.38. The fourth-order valence-electron chi connectivity index (χ4n) is 2.90. The first-order valence-corrected chi connectivity index (χ1v) is 8.31. The van der Waals surface area contributed by atoms with Crippen molar-refractivity contribution in [1.82, 2.24) is 0 Å². The lowest BCUT2D eigenvalue weighted by molar-refractivity contribution is -0.116. The van der Waals surface area contributed by atoms with Crippen LogP contribution < -0.4 is 16.0 Å². The summed E-state index contributed by atoms with van der Waals surface area (Å²) < 4.78 is 0. The number of carbonyl (C=O) groups is 1. The van der Waals surface area contributed by atoms with E-state index in [0.717, 1.165) is 47.9 Å². The molecule has 3 rings (SSSR count). The van der Waals surface area contributed by atoms with Gasteiger partial charge in [0.25, 0.3) is 0 Å². The van der Waals surface area contributed by atoms with E-state index in [9.17, 15) is 4.79 Å². The third-order valence-corrected chi connectivity index (χ3v) is 5.45. The number of amides is 1. The largest absolute Gasteiger partial charge is 0.397 e. The molecule has 1 fully saturated rings. The van der Waals surface area contributed by atoms with Crippen LogP contribution in [0.25, 0.3) is 0 Å². The highest BCUT2D eigenvalue weighted by Crippen LogP contribution is 2.35. The fraction of sp³-hybridized carbons (Fsp3) is 0.533. The highest BCUT2D eigenvalue weighted by molar-refractivity contribution is 8.00. The highest BCUT2D eigenvalue weighted by Gasteiger charge is 2.23. The Morgan fingerprint density at radius 3 is 3.10 bits per heavy atom. The summed E-state index contributed by atoms with van der Waals surface area (Å²) in [7, 11) is 0. The normalized spacial score (nSPS) is 22.4. The van der Waals surface area contributed by atoms with Gasteiger partial charge in [0.1, 0.15) is 0 Å². The molecule has 1 aromatic carbocycles. The number of rotatable bonds is 2. The average Bonchev–Trinajstić information content (AvgIpc) is 2.47. The van der Waals surface area contributed by atoms with Crippen molar-refractivity contribution in [2.24, 2.45) is 0 Å². The number of hydrogen-bond acceptors (Lipinski definition) is 4. The molecule has 2 aliphatic rings. The van der Waals surface area contributed by atoms with Crippen LogP contribution in [0.4, 0.5) is 17.1 Å². The second-order valence-electron chi connectivity index (χ2n) is 5.46. The van der Waals surface area contributed by atoms with Gasteiger partial charge in [0, 0.05) is 36.2 Å². The Bertz CT molecular complexity index is 532. The van der Waals surface area contributed by atoms with Crippen LogP contribution in [0, 0.1) is 0 Å². The van der Waals surface area contributed by atoms with Crippen molar-refractivity contribution in [3.63, 3.8) is 0 Å². The first kappa shape index (κ1) is 13.6. The van der Waals surface area contributed by atoms with Crippen molar-refractivity contribution in [3.05, 3.63) is 17.7 Å². The Morgan fingerprint density at radius 2 is 2.30 bits per heavy atom. The van der Waals surface area contributed by atoms with Gasteiger partial charge in [-0.2, -0.15) is 11.8 Å². The lowest BCUT2D eigenvalue weighted by atomic mass is 10.0. The van der Waals surface area contributed by atoms with E-state index in [4.69, 9.17) is 5.73 Å². The Hall–Kier alpha value is -1.36. The number of nitrogens with zero attached hydrogens (tertiary/aromatic N) is 1. The van der Waals surface area contributed by atoms with E-state index in [-0.39, 0.29) is 5.91 Å². The number of fused-ring (bicyclic) bond motifs is 1. The first-order chi connectivity index (χ1) is 9.67. The second-order valence-corrected chi connectivity index (χ2v) is 6.87. The molecule has 20 heavy (non-hydrogen) atoms. The van der Waals surface area contributed by atoms with Crippen LogP contribution in [0.2, 0.25) is 0 Å². The first-order valence-electron chi connectivity index (χ1n) is 7.26. The van der Waals surface area contributed by atoms with E-state index >= 15 is 0 Å². The third-order valence-electron chi connectivity index (χ3n) is 4.08. The van der Waals surface area contributed by atoms with Crippen molar-refractivity contribution in [2.75, 3.05) is 34.8 Å². The molecule has 0 saturated carbocycles. The third kappa shape index (κ3) is 2.59. The number of nitrogens with one attached hydrogen (secondary N) is 1. The number of anilines is 3. The Labute approximate surface area is 124 Å². The zero-order valence-electron chi connectivity index (χ0n) is 11.8. The minimum atomic E-state index is 0.105. The number of aryl methyl sites for hydroxylation is 1. The maximum absolute atomic E-state index is 11.5. The molecule has 0 aromatic heterocycles. The molecule has 1 atom stereocenters. The molecule has 2 heterocycles. The minimum absolute atomic E-state index is 0.105. The van der Waals surface area contributed by atoms with E-state index in [1.54, 1.807) is 0 Å². The summed E-state index contributed by atoms with van der Waals surface area (Å²) in [5.41, 5.74) is 10.2. The standard InChI is InChI=1S/C15H21N3OS/c1-2-11-9-18(5-6-20-11)14-8-13-10(7-12(14)16)3-4-15(19)17-13/h7-8,11H,2-6,9,16H2,1H3,(H,17,19). The van der Waals surface area contributed by atoms with Crippen molar-refractivity contribution in [2.45, 2.75) is 31.4 Å². The van der Waals surface area contributed by atoms with Crippen LogP contribution in [-0.2, 0) is 11.2 Å². The molecular formula is C15H21N3OS. The van der Waals surface area contributed by atoms with Gasteiger partial charge in [-0.3, -0.25) is 4.79 Å². The molecule has 0 spiro atoms. The van der Waals surface area contributed by atoms with Crippen LogP contribution in [0.15, 0.2) is 12.1 Å². The van der Waals surface area contributed by atoms with Gasteiger partial charge in [0.2, 0.25) is 5.91 Å². The predicted molar refractivity (Wildman–Crippen MR) is 86.6 cm³/mol. The van der Waals surface area contributed by atoms with Gasteiger partial charge >= 0.3 is 0 Å². The molecule has 4 nitrogen and oxygen atoms in total. The van der Waals surface area contributed by atoms with Crippen molar-refractivity contribution in [3.8, 4) is 0 Å². The number of hydrogen-bond donors (Lipinski definition) is 2. The highest BCUT2D eigenvalue weighted by atomic mass is 32.2. The summed E-state index contributed by atoms with van der Waals surface area (Å²) in [6.07, 6.45) is 2.53. The summed E-state index contributed by atoms with van der Waals surface area (Å²) in [5, 5.41) is 3.64. The maximum atomic E-state index is 11.5. The summed E-state index contributed by atoms with van der Waals surface area (Å²) >= 11 is 2.04. The molecule has 1 unspecified atom stereocenters. The molecule has 3 N–H and O–H groups in total. The zero-order chi connectivity index (χ0) is 14.1. The summed E-state index contributed by atoms with van der Waals surface area (Å²) in [6.45, 7) is 4.30. The Kier molecular flexibility index (Phi) is 3.78. The Balaban J connectivity index is 1.89. The van der Waals surface area contributed by atoms with Crippen molar-refractivity contribution in [1.29, 1.82) is 0 Å². The van der Waals surface area contributed by atoms with E-state index < -0.39 is 0 Å². The SMILES string of the molecule is CCC1CN(c2cc3c(cc2N)CCC(=O)N3)CCS1. The van der Waals surface area contributed by atoms with Gasteiger partial charge in [-0.1, -0.05) is 6.92 Å². The molecule has 0 radical (unpaired) electrons. The topological polar surface area (TPSA) is 58.4 Å². The average molecular weight is 291 g/mol. The molecule has 0 aliphatic carbocycles. The number of benzene rings is 1. The molecule has 1 aromatic rings. The molecular weight excluding hydrogens is 270 g/mol. The molecule has 0 bridgehead atoms. The number of nitrogen functional groups attached to an aromatic ring is 1. The van der Waals surface area contributed by atoms with E-state index in [1.165, 1.54) is 6.42 Å². The quantitative estimate of drug-likeness (QED) is 0.822. The maximum Gasteiger partial charge on any atom is 0.224 e. The van der Waals surface area contributed by atoms with Crippen LogP contribution in [0.3, 0.4) is 0 Å². The molecule has 1 saturated heterocycles. The molecule has 5 heteroatoms.